The molecule has 1 aromatic carbocycles. The average Bonchev–Trinajstić information content (AvgIpc) is 3.03. The van der Waals surface area contributed by atoms with E-state index in [0.29, 0.717) is 34.8 Å². The Labute approximate surface area is 161 Å². The zero-order chi connectivity index (χ0) is 19.4. The van der Waals surface area contributed by atoms with Crippen LogP contribution < -0.4 is 15.7 Å². The number of aromatic nitrogens is 3. The number of fused-ring (bicyclic) bond motifs is 1. The molecule has 0 aliphatic heterocycles. The highest BCUT2D eigenvalue weighted by Crippen LogP contribution is 2.24. The summed E-state index contributed by atoms with van der Waals surface area (Å²) in [7, 11) is 1.62. The Morgan fingerprint density at radius 2 is 2.19 bits per heavy atom. The Morgan fingerprint density at radius 3 is 2.93 bits per heavy atom. The maximum Gasteiger partial charge on any atom is 0.297 e. The van der Waals surface area contributed by atoms with Gasteiger partial charge in [-0.15, -0.1) is 0 Å². The first-order chi connectivity index (χ1) is 13.0. The van der Waals surface area contributed by atoms with Crippen LogP contribution in [-0.2, 0) is 10.5 Å². The van der Waals surface area contributed by atoms with Crippen LogP contribution >= 0.6 is 11.8 Å². The fraction of sp³-hybridized carbons (Fsp3) is 0.316. The minimum absolute atomic E-state index is 0.216. The van der Waals surface area contributed by atoms with Crippen molar-refractivity contribution < 1.29 is 9.53 Å². The Bertz CT molecular complexity index is 1030. The third-order valence-corrected chi connectivity index (χ3v) is 4.98. The Hall–Kier alpha value is -2.74. The van der Waals surface area contributed by atoms with E-state index in [-0.39, 0.29) is 11.5 Å². The molecule has 2 aromatic heterocycles. The summed E-state index contributed by atoms with van der Waals surface area (Å²) in [5, 5.41) is 0.443. The monoisotopic (exact) mass is 386 g/mol. The van der Waals surface area contributed by atoms with Crippen LogP contribution in [0, 0.1) is 6.92 Å². The smallest absolute Gasteiger partial charge is 0.297 e. The lowest BCUT2D eigenvalue weighted by Crippen LogP contribution is -2.35. The number of aromatic amines is 1. The standard InChI is InChI=1S/C19H22N4O3S/c1-4-6-16(24)22-23-18(25)17-15(9-12(2)20-17)21-19(23)27-11-13-7-5-8-14(10-13)26-3/h5,7-10,20H,4,6,11H2,1-3H3,(H,22,24). The van der Waals surface area contributed by atoms with E-state index in [4.69, 9.17) is 4.74 Å². The first-order valence-electron chi connectivity index (χ1n) is 8.69. The molecule has 7 nitrogen and oxygen atoms in total. The molecular weight excluding hydrogens is 364 g/mol. The largest absolute Gasteiger partial charge is 0.497 e. The van der Waals surface area contributed by atoms with E-state index in [9.17, 15) is 9.59 Å². The van der Waals surface area contributed by atoms with Gasteiger partial charge in [-0.05, 0) is 37.1 Å². The third kappa shape index (κ3) is 4.33. The molecule has 8 heteroatoms. The number of nitrogens with one attached hydrogen (secondary N) is 2. The summed E-state index contributed by atoms with van der Waals surface area (Å²) < 4.78 is 6.49. The maximum absolute atomic E-state index is 12.9. The number of aryl methyl sites for hydroxylation is 1. The molecule has 0 aliphatic carbocycles. The second kappa shape index (κ2) is 8.30. The number of carbonyl (C=O) groups is 1. The van der Waals surface area contributed by atoms with Crippen molar-refractivity contribution >= 4 is 28.7 Å². The van der Waals surface area contributed by atoms with Gasteiger partial charge in [0.15, 0.2) is 5.16 Å². The minimum atomic E-state index is -0.314. The number of benzene rings is 1. The van der Waals surface area contributed by atoms with E-state index in [1.54, 1.807) is 7.11 Å². The fourth-order valence-electron chi connectivity index (χ4n) is 2.69. The summed E-state index contributed by atoms with van der Waals surface area (Å²) in [5.74, 6) is 1.14. The predicted molar refractivity (Wildman–Crippen MR) is 107 cm³/mol. The van der Waals surface area contributed by atoms with E-state index in [0.717, 1.165) is 17.0 Å². The number of hydrogen-bond acceptors (Lipinski definition) is 5. The van der Waals surface area contributed by atoms with Crippen molar-refractivity contribution in [3.63, 3.8) is 0 Å². The summed E-state index contributed by atoms with van der Waals surface area (Å²) in [6, 6.07) is 9.53. The zero-order valence-corrected chi connectivity index (χ0v) is 16.4. The Morgan fingerprint density at radius 1 is 1.37 bits per heavy atom. The van der Waals surface area contributed by atoms with E-state index < -0.39 is 0 Å². The number of thioether (sulfide) groups is 1. The quantitative estimate of drug-likeness (QED) is 0.481. The van der Waals surface area contributed by atoms with E-state index in [2.05, 4.69) is 15.4 Å². The van der Waals surface area contributed by atoms with Crippen molar-refractivity contribution in [2.45, 2.75) is 37.6 Å². The molecule has 2 heterocycles. The minimum Gasteiger partial charge on any atom is -0.497 e. The Kier molecular flexibility index (Phi) is 5.85. The van der Waals surface area contributed by atoms with Crippen molar-refractivity contribution in [1.29, 1.82) is 0 Å². The van der Waals surface area contributed by atoms with Crippen LogP contribution in [0.15, 0.2) is 40.3 Å². The van der Waals surface area contributed by atoms with E-state index in [1.807, 2.05) is 44.2 Å². The molecule has 0 fully saturated rings. The number of amides is 1. The van der Waals surface area contributed by atoms with Crippen molar-refractivity contribution in [3.05, 3.63) is 51.9 Å². The third-order valence-electron chi connectivity index (χ3n) is 3.97. The number of carbonyl (C=O) groups excluding carboxylic acids is 1. The molecule has 0 saturated heterocycles. The highest BCUT2D eigenvalue weighted by Gasteiger charge is 2.15. The molecule has 3 aromatic rings. The zero-order valence-electron chi connectivity index (χ0n) is 15.5. The molecule has 3 rings (SSSR count). The van der Waals surface area contributed by atoms with Crippen LogP contribution in [0.2, 0.25) is 0 Å². The van der Waals surface area contributed by atoms with Gasteiger partial charge in [-0.3, -0.25) is 15.0 Å². The number of rotatable bonds is 7. The molecule has 1 amide bonds. The number of ether oxygens (including phenoxy) is 1. The Balaban J connectivity index is 1.95. The van der Waals surface area contributed by atoms with Crippen molar-refractivity contribution in [2.75, 3.05) is 12.5 Å². The maximum atomic E-state index is 12.9. The molecular formula is C19H22N4O3S. The van der Waals surface area contributed by atoms with E-state index >= 15 is 0 Å². The SMILES string of the molecule is CCCC(=O)Nn1c(SCc2cccc(OC)c2)nc2cc(C)[nH]c2c1=O. The van der Waals surface area contributed by atoms with Gasteiger partial charge in [-0.25, -0.2) is 4.98 Å². The lowest BCUT2D eigenvalue weighted by atomic mass is 10.2. The van der Waals surface area contributed by atoms with Gasteiger partial charge in [0.1, 0.15) is 11.3 Å². The first-order valence-corrected chi connectivity index (χ1v) is 9.68. The molecule has 0 unspecified atom stereocenters. The second-order valence-electron chi connectivity index (χ2n) is 6.17. The molecule has 2 N–H and O–H groups in total. The van der Waals surface area contributed by atoms with Gasteiger partial charge in [-0.1, -0.05) is 30.8 Å². The fourth-order valence-corrected chi connectivity index (χ4v) is 3.59. The average molecular weight is 386 g/mol. The summed E-state index contributed by atoms with van der Waals surface area (Å²) in [6.45, 7) is 3.78. The highest BCUT2D eigenvalue weighted by atomic mass is 32.2. The molecule has 0 bridgehead atoms. The van der Waals surface area contributed by atoms with Crippen molar-refractivity contribution in [3.8, 4) is 5.75 Å². The van der Waals surface area contributed by atoms with Gasteiger partial charge in [0.25, 0.3) is 5.56 Å². The summed E-state index contributed by atoms with van der Waals surface area (Å²) >= 11 is 1.39. The summed E-state index contributed by atoms with van der Waals surface area (Å²) in [6.07, 6.45) is 1.04. The molecule has 0 spiro atoms. The van der Waals surface area contributed by atoms with Crippen LogP contribution in [0.3, 0.4) is 0 Å². The number of hydrogen-bond donors (Lipinski definition) is 2. The van der Waals surface area contributed by atoms with Crippen LogP contribution in [-0.4, -0.2) is 27.7 Å². The number of H-pyrrole nitrogens is 1. The molecule has 27 heavy (non-hydrogen) atoms. The lowest BCUT2D eigenvalue weighted by Gasteiger charge is -2.13. The van der Waals surface area contributed by atoms with Crippen LogP contribution in [0.1, 0.15) is 31.0 Å². The van der Waals surface area contributed by atoms with Gasteiger partial charge >= 0.3 is 0 Å². The molecule has 0 radical (unpaired) electrons. The first kappa shape index (κ1) is 19.0. The number of methoxy groups -OCH3 is 1. The van der Waals surface area contributed by atoms with Gasteiger partial charge in [0.05, 0.1) is 12.6 Å². The summed E-state index contributed by atoms with van der Waals surface area (Å²) in [5.41, 5.74) is 5.21. The second-order valence-corrected chi connectivity index (χ2v) is 7.12. The van der Waals surface area contributed by atoms with Gasteiger partial charge in [0.2, 0.25) is 5.91 Å². The topological polar surface area (TPSA) is 89.0 Å². The summed E-state index contributed by atoms with van der Waals surface area (Å²) in [4.78, 5) is 32.5. The van der Waals surface area contributed by atoms with Crippen molar-refractivity contribution in [1.82, 2.24) is 14.6 Å². The molecule has 0 saturated carbocycles. The van der Waals surface area contributed by atoms with Gasteiger partial charge in [-0.2, -0.15) is 4.68 Å². The van der Waals surface area contributed by atoms with Crippen LogP contribution in [0.4, 0.5) is 0 Å². The lowest BCUT2D eigenvalue weighted by molar-refractivity contribution is -0.117. The molecule has 0 atom stereocenters. The van der Waals surface area contributed by atoms with E-state index in [1.165, 1.54) is 16.4 Å². The van der Waals surface area contributed by atoms with Gasteiger partial charge in [0, 0.05) is 17.9 Å². The number of nitrogens with zero attached hydrogens (tertiary/aromatic N) is 2. The van der Waals surface area contributed by atoms with Gasteiger partial charge < -0.3 is 9.72 Å². The van der Waals surface area contributed by atoms with Crippen LogP contribution in [0.5, 0.6) is 5.75 Å². The van der Waals surface area contributed by atoms with Crippen LogP contribution in [0.25, 0.3) is 11.0 Å². The predicted octanol–water partition coefficient (Wildman–Crippen LogP) is 3.20. The van der Waals surface area contributed by atoms with Crippen molar-refractivity contribution in [2.24, 2.45) is 0 Å². The molecule has 142 valence electrons. The normalized spacial score (nSPS) is 10.9. The highest BCUT2D eigenvalue weighted by molar-refractivity contribution is 7.98. The molecule has 0 aliphatic rings.